The first-order chi connectivity index (χ1) is 11.1. The third-order valence-electron chi connectivity index (χ3n) is 4.04. The van der Waals surface area contributed by atoms with Crippen LogP contribution in [0.4, 0.5) is 5.69 Å². The Labute approximate surface area is 133 Å². The maximum atomic E-state index is 12.6. The summed E-state index contributed by atoms with van der Waals surface area (Å²) in [5.41, 5.74) is 4.23. The summed E-state index contributed by atoms with van der Waals surface area (Å²) >= 11 is 0. The number of H-pyrrole nitrogens is 1. The number of carbonyl (C=O) groups is 1. The van der Waals surface area contributed by atoms with Crippen molar-refractivity contribution in [3.05, 3.63) is 60.0 Å². The van der Waals surface area contributed by atoms with E-state index in [1.807, 2.05) is 67.1 Å². The number of imidazole rings is 1. The number of hydrogen-bond donors (Lipinski definition) is 2. The molecule has 1 amide bonds. The van der Waals surface area contributed by atoms with Gasteiger partial charge in [0.2, 0.25) is 0 Å². The third-order valence-corrected chi connectivity index (χ3v) is 4.04. The van der Waals surface area contributed by atoms with Crippen LogP contribution in [0.1, 0.15) is 16.3 Å². The second-order valence-corrected chi connectivity index (χ2v) is 5.66. The monoisotopic (exact) mass is 304 g/mol. The van der Waals surface area contributed by atoms with Crippen LogP contribution in [0.3, 0.4) is 0 Å². The maximum absolute atomic E-state index is 12.6. The fraction of sp³-hybridized carbons (Fsp3) is 0.111. The van der Waals surface area contributed by atoms with Crippen molar-refractivity contribution < 1.29 is 4.79 Å². The van der Waals surface area contributed by atoms with Crippen LogP contribution in [-0.2, 0) is 7.05 Å². The lowest BCUT2D eigenvalue weighted by molar-refractivity contribution is 0.102. The summed E-state index contributed by atoms with van der Waals surface area (Å²) < 4.78 is 1.91. The molecule has 0 saturated carbocycles. The van der Waals surface area contributed by atoms with E-state index in [-0.39, 0.29) is 5.91 Å². The standard InChI is InChI=1S/C18H16N4O/c1-11-19-14-8-7-13(10-15(14)20-11)21-18(23)17-9-12-5-3-4-6-16(12)22(17)2/h3-10H,1-2H3,(H,19,20)(H,21,23). The Kier molecular flexibility index (Phi) is 2.94. The number of aromatic amines is 1. The van der Waals surface area contributed by atoms with Crippen LogP contribution in [-0.4, -0.2) is 20.4 Å². The van der Waals surface area contributed by atoms with Gasteiger partial charge in [0.25, 0.3) is 5.91 Å². The van der Waals surface area contributed by atoms with Crippen LogP contribution in [0.2, 0.25) is 0 Å². The zero-order valence-corrected chi connectivity index (χ0v) is 12.9. The summed E-state index contributed by atoms with van der Waals surface area (Å²) in [4.78, 5) is 20.1. The molecule has 0 aliphatic rings. The van der Waals surface area contributed by atoms with Gasteiger partial charge in [-0.1, -0.05) is 18.2 Å². The first kappa shape index (κ1) is 13.6. The lowest BCUT2D eigenvalue weighted by Gasteiger charge is -2.06. The molecule has 114 valence electrons. The molecule has 2 heterocycles. The van der Waals surface area contributed by atoms with Gasteiger partial charge >= 0.3 is 0 Å². The molecule has 2 aromatic heterocycles. The molecule has 2 N–H and O–H groups in total. The second kappa shape index (κ2) is 4.98. The molecular formula is C18H16N4O. The minimum absolute atomic E-state index is 0.126. The number of nitrogens with zero attached hydrogens (tertiary/aromatic N) is 2. The Morgan fingerprint density at radius 3 is 2.83 bits per heavy atom. The molecule has 0 aliphatic carbocycles. The average molecular weight is 304 g/mol. The van der Waals surface area contributed by atoms with Crippen molar-refractivity contribution >= 4 is 33.5 Å². The zero-order valence-electron chi connectivity index (χ0n) is 12.9. The summed E-state index contributed by atoms with van der Waals surface area (Å²) in [5.74, 6) is 0.733. The van der Waals surface area contributed by atoms with Crippen molar-refractivity contribution in [2.24, 2.45) is 7.05 Å². The number of nitrogens with one attached hydrogen (secondary N) is 2. The van der Waals surface area contributed by atoms with Gasteiger partial charge in [-0.2, -0.15) is 0 Å². The van der Waals surface area contributed by atoms with Gasteiger partial charge in [0.15, 0.2) is 0 Å². The highest BCUT2D eigenvalue weighted by Crippen LogP contribution is 2.21. The summed E-state index contributed by atoms with van der Waals surface area (Å²) in [6.07, 6.45) is 0. The number of aromatic nitrogens is 3. The highest BCUT2D eigenvalue weighted by Gasteiger charge is 2.13. The maximum Gasteiger partial charge on any atom is 0.272 e. The highest BCUT2D eigenvalue weighted by atomic mass is 16.1. The highest BCUT2D eigenvalue weighted by molar-refractivity contribution is 6.06. The van der Waals surface area contributed by atoms with Gasteiger partial charge in [0, 0.05) is 23.6 Å². The van der Waals surface area contributed by atoms with Crippen LogP contribution in [0, 0.1) is 6.92 Å². The number of fused-ring (bicyclic) bond motifs is 2. The molecule has 4 aromatic rings. The van der Waals surface area contributed by atoms with E-state index in [0.29, 0.717) is 5.69 Å². The summed E-state index contributed by atoms with van der Waals surface area (Å²) in [5, 5.41) is 4.01. The van der Waals surface area contributed by atoms with Gasteiger partial charge in [-0.15, -0.1) is 0 Å². The Bertz CT molecular complexity index is 1040. The summed E-state index contributed by atoms with van der Waals surface area (Å²) in [6.45, 7) is 1.91. The fourth-order valence-electron chi connectivity index (χ4n) is 2.92. The summed E-state index contributed by atoms with van der Waals surface area (Å²) in [6, 6.07) is 15.5. The largest absolute Gasteiger partial charge is 0.342 e. The van der Waals surface area contributed by atoms with E-state index in [4.69, 9.17) is 0 Å². The molecule has 4 rings (SSSR count). The van der Waals surface area contributed by atoms with E-state index in [9.17, 15) is 4.79 Å². The average Bonchev–Trinajstić information content (AvgIpc) is 3.07. The van der Waals surface area contributed by atoms with Crippen LogP contribution in [0.5, 0.6) is 0 Å². The molecule has 0 radical (unpaired) electrons. The second-order valence-electron chi connectivity index (χ2n) is 5.66. The van der Waals surface area contributed by atoms with E-state index < -0.39 is 0 Å². The number of anilines is 1. The number of benzene rings is 2. The molecular weight excluding hydrogens is 288 g/mol. The number of aryl methyl sites for hydroxylation is 2. The molecule has 5 nitrogen and oxygen atoms in total. The minimum atomic E-state index is -0.126. The Balaban J connectivity index is 1.68. The van der Waals surface area contributed by atoms with Crippen molar-refractivity contribution in [1.29, 1.82) is 0 Å². The van der Waals surface area contributed by atoms with Crippen molar-refractivity contribution in [3.8, 4) is 0 Å². The van der Waals surface area contributed by atoms with Crippen LogP contribution in [0.25, 0.3) is 21.9 Å². The van der Waals surface area contributed by atoms with Gasteiger partial charge in [-0.25, -0.2) is 4.98 Å². The van der Waals surface area contributed by atoms with Crippen molar-refractivity contribution in [2.75, 3.05) is 5.32 Å². The van der Waals surface area contributed by atoms with Crippen molar-refractivity contribution in [1.82, 2.24) is 14.5 Å². The third kappa shape index (κ3) is 2.26. The van der Waals surface area contributed by atoms with E-state index in [1.165, 1.54) is 0 Å². The quantitative estimate of drug-likeness (QED) is 0.594. The molecule has 0 aliphatic heterocycles. The smallest absolute Gasteiger partial charge is 0.272 e. The molecule has 23 heavy (non-hydrogen) atoms. The molecule has 0 atom stereocenters. The first-order valence-corrected chi connectivity index (χ1v) is 7.44. The summed E-state index contributed by atoms with van der Waals surface area (Å²) in [7, 11) is 1.90. The number of amides is 1. The Morgan fingerprint density at radius 1 is 1.17 bits per heavy atom. The number of hydrogen-bond acceptors (Lipinski definition) is 2. The molecule has 0 bridgehead atoms. The van der Waals surface area contributed by atoms with Gasteiger partial charge < -0.3 is 14.9 Å². The first-order valence-electron chi connectivity index (χ1n) is 7.44. The zero-order chi connectivity index (χ0) is 16.0. The number of carbonyl (C=O) groups excluding carboxylic acids is 1. The van der Waals surface area contributed by atoms with Crippen molar-refractivity contribution in [3.63, 3.8) is 0 Å². The topological polar surface area (TPSA) is 62.7 Å². The van der Waals surface area contributed by atoms with E-state index >= 15 is 0 Å². The minimum Gasteiger partial charge on any atom is -0.342 e. The van der Waals surface area contributed by atoms with E-state index in [1.54, 1.807) is 0 Å². The molecule has 0 spiro atoms. The number of para-hydroxylation sites is 1. The molecule has 5 heteroatoms. The van der Waals surface area contributed by atoms with Crippen LogP contribution < -0.4 is 5.32 Å². The van der Waals surface area contributed by atoms with Gasteiger partial charge in [0.05, 0.1) is 11.0 Å². The molecule has 0 fully saturated rings. The van der Waals surface area contributed by atoms with E-state index in [0.717, 1.165) is 33.4 Å². The van der Waals surface area contributed by atoms with Gasteiger partial charge in [-0.05, 0) is 37.3 Å². The fourth-order valence-corrected chi connectivity index (χ4v) is 2.92. The lowest BCUT2D eigenvalue weighted by Crippen LogP contribution is -2.15. The van der Waals surface area contributed by atoms with Gasteiger partial charge in [0.1, 0.15) is 11.5 Å². The molecule has 0 unspecified atom stereocenters. The molecule has 2 aromatic carbocycles. The molecule has 0 saturated heterocycles. The Hall–Kier alpha value is -3.08. The lowest BCUT2D eigenvalue weighted by atomic mass is 10.2. The number of rotatable bonds is 2. The normalized spacial score (nSPS) is 11.2. The Morgan fingerprint density at radius 2 is 2.00 bits per heavy atom. The van der Waals surface area contributed by atoms with Gasteiger partial charge in [-0.3, -0.25) is 4.79 Å². The van der Waals surface area contributed by atoms with Crippen LogP contribution in [0.15, 0.2) is 48.5 Å². The SMILES string of the molecule is Cc1nc2ccc(NC(=O)c3cc4ccccc4n3C)cc2[nH]1. The van der Waals surface area contributed by atoms with E-state index in [2.05, 4.69) is 15.3 Å². The van der Waals surface area contributed by atoms with Crippen molar-refractivity contribution in [2.45, 2.75) is 6.92 Å². The predicted octanol–water partition coefficient (Wildman–Crippen LogP) is 3.62. The predicted molar refractivity (Wildman–Crippen MR) is 91.7 cm³/mol. The van der Waals surface area contributed by atoms with Crippen LogP contribution >= 0.6 is 0 Å².